The zero-order valence-corrected chi connectivity index (χ0v) is 11.5. The van der Waals surface area contributed by atoms with Crippen LogP contribution in [-0.4, -0.2) is 29.9 Å². The van der Waals surface area contributed by atoms with Crippen molar-refractivity contribution in [1.29, 1.82) is 0 Å². The Labute approximate surface area is 113 Å². The molecule has 1 aliphatic heterocycles. The van der Waals surface area contributed by atoms with Gasteiger partial charge in [-0.1, -0.05) is 13.0 Å². The van der Waals surface area contributed by atoms with E-state index >= 15 is 0 Å². The second-order valence-corrected chi connectivity index (χ2v) is 5.50. The van der Waals surface area contributed by atoms with Crippen LogP contribution < -0.4 is 5.73 Å². The van der Waals surface area contributed by atoms with Crippen molar-refractivity contribution in [3.05, 3.63) is 35.1 Å². The molecule has 1 amide bonds. The van der Waals surface area contributed by atoms with E-state index in [2.05, 4.69) is 6.92 Å². The van der Waals surface area contributed by atoms with E-state index in [0.717, 1.165) is 18.4 Å². The quantitative estimate of drug-likeness (QED) is 0.891. The average molecular weight is 264 g/mol. The van der Waals surface area contributed by atoms with Gasteiger partial charge in [0.1, 0.15) is 5.82 Å². The molecule has 2 atom stereocenters. The lowest BCUT2D eigenvalue weighted by Crippen LogP contribution is -2.49. The van der Waals surface area contributed by atoms with Crippen molar-refractivity contribution in [2.24, 2.45) is 11.7 Å². The maximum atomic E-state index is 13.9. The van der Waals surface area contributed by atoms with Gasteiger partial charge in [0.2, 0.25) is 0 Å². The van der Waals surface area contributed by atoms with Gasteiger partial charge < -0.3 is 10.6 Å². The first-order valence-electron chi connectivity index (χ1n) is 6.80. The van der Waals surface area contributed by atoms with Gasteiger partial charge >= 0.3 is 0 Å². The summed E-state index contributed by atoms with van der Waals surface area (Å²) in [5.41, 5.74) is 6.71. The first-order valence-corrected chi connectivity index (χ1v) is 6.80. The Morgan fingerprint density at radius 2 is 2.26 bits per heavy atom. The van der Waals surface area contributed by atoms with E-state index in [-0.39, 0.29) is 17.5 Å². The highest BCUT2D eigenvalue weighted by Gasteiger charge is 2.30. The lowest BCUT2D eigenvalue weighted by atomic mass is 9.92. The Morgan fingerprint density at radius 1 is 1.53 bits per heavy atom. The summed E-state index contributed by atoms with van der Waals surface area (Å²) in [5.74, 6) is -0.111. The van der Waals surface area contributed by atoms with Crippen molar-refractivity contribution >= 4 is 5.91 Å². The Morgan fingerprint density at radius 3 is 2.89 bits per heavy atom. The highest BCUT2D eigenvalue weighted by Crippen LogP contribution is 2.24. The summed E-state index contributed by atoms with van der Waals surface area (Å²) in [7, 11) is 0. The minimum absolute atomic E-state index is 0.0250. The molecule has 3 nitrogen and oxygen atoms in total. The molecule has 0 radical (unpaired) electrons. The molecule has 2 N–H and O–H groups in total. The van der Waals surface area contributed by atoms with Crippen molar-refractivity contribution < 1.29 is 9.18 Å². The number of piperidine rings is 1. The number of amides is 1. The van der Waals surface area contributed by atoms with Crippen LogP contribution in [0.1, 0.15) is 35.7 Å². The van der Waals surface area contributed by atoms with E-state index in [0.29, 0.717) is 19.0 Å². The lowest BCUT2D eigenvalue weighted by molar-refractivity contribution is 0.0569. The summed E-state index contributed by atoms with van der Waals surface area (Å²) in [5, 5.41) is 0. The molecule has 4 heteroatoms. The van der Waals surface area contributed by atoms with E-state index in [1.165, 1.54) is 6.07 Å². The molecule has 0 saturated carbocycles. The summed E-state index contributed by atoms with van der Waals surface area (Å²) in [6, 6.07) is 4.76. The van der Waals surface area contributed by atoms with Gasteiger partial charge in [-0.3, -0.25) is 4.79 Å². The Balaban J connectivity index is 2.22. The van der Waals surface area contributed by atoms with Crippen LogP contribution in [0.25, 0.3) is 0 Å². The number of nitrogens with zero attached hydrogens (tertiary/aromatic N) is 1. The minimum Gasteiger partial charge on any atom is -0.334 e. The molecular formula is C15H21FN2O. The van der Waals surface area contributed by atoms with Gasteiger partial charge in [0, 0.05) is 19.1 Å². The second kappa shape index (κ2) is 5.70. The number of rotatable bonds is 2. The van der Waals surface area contributed by atoms with Crippen molar-refractivity contribution in [3.63, 3.8) is 0 Å². The van der Waals surface area contributed by atoms with Gasteiger partial charge in [0.25, 0.3) is 5.91 Å². The van der Waals surface area contributed by atoms with E-state index < -0.39 is 5.82 Å². The maximum absolute atomic E-state index is 13.9. The molecule has 2 rings (SSSR count). The molecule has 104 valence electrons. The fourth-order valence-electron chi connectivity index (χ4n) is 2.69. The molecule has 1 aromatic rings. The van der Waals surface area contributed by atoms with Crippen LogP contribution in [0.3, 0.4) is 0 Å². The standard InChI is InChI=1S/C15H21FN2O/c1-10-3-4-13(14(16)8-10)15(19)18-6-5-11(2)7-12(18)9-17/h3-4,8,11-12H,5-7,9,17H2,1-2H3. The van der Waals surface area contributed by atoms with E-state index in [4.69, 9.17) is 5.73 Å². The summed E-state index contributed by atoms with van der Waals surface area (Å²) in [6.07, 6.45) is 1.85. The van der Waals surface area contributed by atoms with Crippen LogP contribution in [0.2, 0.25) is 0 Å². The molecular weight excluding hydrogens is 243 g/mol. The number of carbonyl (C=O) groups excluding carboxylic acids is 1. The van der Waals surface area contributed by atoms with Crippen LogP contribution in [-0.2, 0) is 0 Å². The van der Waals surface area contributed by atoms with Gasteiger partial charge in [-0.25, -0.2) is 4.39 Å². The normalized spacial score (nSPS) is 23.5. The van der Waals surface area contributed by atoms with Gasteiger partial charge in [0.05, 0.1) is 5.56 Å². The number of aryl methyl sites for hydroxylation is 1. The number of carbonyl (C=O) groups is 1. The van der Waals surface area contributed by atoms with Gasteiger partial charge in [-0.2, -0.15) is 0 Å². The minimum atomic E-state index is -0.445. The van der Waals surface area contributed by atoms with Crippen LogP contribution in [0.15, 0.2) is 18.2 Å². The average Bonchev–Trinajstić information content (AvgIpc) is 2.37. The first kappa shape index (κ1) is 14.0. The number of halogens is 1. The lowest BCUT2D eigenvalue weighted by Gasteiger charge is -2.38. The highest BCUT2D eigenvalue weighted by molar-refractivity contribution is 5.94. The molecule has 0 aliphatic carbocycles. The van der Waals surface area contributed by atoms with Gasteiger partial charge in [-0.15, -0.1) is 0 Å². The van der Waals surface area contributed by atoms with Crippen molar-refractivity contribution in [2.75, 3.05) is 13.1 Å². The summed E-state index contributed by atoms with van der Waals surface area (Å²) >= 11 is 0. The third-order valence-electron chi connectivity index (χ3n) is 3.87. The third-order valence-corrected chi connectivity index (χ3v) is 3.87. The molecule has 1 aliphatic rings. The van der Waals surface area contributed by atoms with Crippen LogP contribution in [0, 0.1) is 18.7 Å². The molecule has 0 spiro atoms. The maximum Gasteiger partial charge on any atom is 0.257 e. The van der Waals surface area contributed by atoms with E-state index in [1.54, 1.807) is 17.0 Å². The van der Waals surface area contributed by atoms with Crippen molar-refractivity contribution in [2.45, 2.75) is 32.7 Å². The Bertz CT molecular complexity index is 475. The monoisotopic (exact) mass is 264 g/mol. The summed E-state index contributed by atoms with van der Waals surface area (Å²) < 4.78 is 13.9. The number of hydrogen-bond acceptors (Lipinski definition) is 2. The zero-order chi connectivity index (χ0) is 14.0. The predicted molar refractivity (Wildman–Crippen MR) is 73.4 cm³/mol. The zero-order valence-electron chi connectivity index (χ0n) is 11.5. The molecule has 0 aromatic heterocycles. The summed E-state index contributed by atoms with van der Waals surface area (Å²) in [6.45, 7) is 5.07. The van der Waals surface area contributed by atoms with Crippen LogP contribution in [0.5, 0.6) is 0 Å². The number of hydrogen-bond donors (Lipinski definition) is 1. The van der Waals surface area contributed by atoms with Gasteiger partial charge in [-0.05, 0) is 43.4 Å². The molecule has 19 heavy (non-hydrogen) atoms. The van der Waals surface area contributed by atoms with Crippen molar-refractivity contribution in [3.8, 4) is 0 Å². The predicted octanol–water partition coefficient (Wildman–Crippen LogP) is 2.33. The van der Waals surface area contributed by atoms with E-state index in [1.807, 2.05) is 6.92 Å². The molecule has 2 unspecified atom stereocenters. The third kappa shape index (κ3) is 2.95. The molecule has 1 fully saturated rings. The smallest absolute Gasteiger partial charge is 0.257 e. The largest absolute Gasteiger partial charge is 0.334 e. The second-order valence-electron chi connectivity index (χ2n) is 5.50. The fourth-order valence-corrected chi connectivity index (χ4v) is 2.69. The number of nitrogens with two attached hydrogens (primary N) is 1. The Kier molecular flexibility index (Phi) is 4.20. The molecule has 1 aromatic carbocycles. The van der Waals surface area contributed by atoms with Crippen molar-refractivity contribution in [1.82, 2.24) is 4.90 Å². The first-order chi connectivity index (χ1) is 9.02. The fraction of sp³-hybridized carbons (Fsp3) is 0.533. The molecule has 0 bridgehead atoms. The van der Waals surface area contributed by atoms with E-state index in [9.17, 15) is 9.18 Å². The van der Waals surface area contributed by atoms with Gasteiger partial charge in [0.15, 0.2) is 0 Å². The van der Waals surface area contributed by atoms with Crippen LogP contribution in [0.4, 0.5) is 4.39 Å². The molecule has 1 saturated heterocycles. The number of likely N-dealkylation sites (tertiary alicyclic amines) is 1. The summed E-state index contributed by atoms with van der Waals surface area (Å²) in [4.78, 5) is 14.2. The number of benzene rings is 1. The highest BCUT2D eigenvalue weighted by atomic mass is 19.1. The topological polar surface area (TPSA) is 46.3 Å². The van der Waals surface area contributed by atoms with Crippen LogP contribution >= 0.6 is 0 Å². The Hall–Kier alpha value is -1.42. The SMILES string of the molecule is Cc1ccc(C(=O)N2CCC(C)CC2CN)c(F)c1. The molecule has 1 heterocycles.